The molecule has 2 aromatic carbocycles. The van der Waals surface area contributed by atoms with Crippen molar-refractivity contribution in [2.24, 2.45) is 0 Å². The summed E-state index contributed by atoms with van der Waals surface area (Å²) in [7, 11) is 0. The summed E-state index contributed by atoms with van der Waals surface area (Å²) in [6, 6.07) is 36.7. The van der Waals surface area contributed by atoms with Gasteiger partial charge >= 0.3 is 0 Å². The third-order valence-electron chi connectivity index (χ3n) is 13.2. The predicted octanol–water partition coefficient (Wildman–Crippen LogP) is 11.7. The Kier molecular flexibility index (Phi) is 13.6. The summed E-state index contributed by atoms with van der Waals surface area (Å²) in [6.45, 7) is 19.9. The van der Waals surface area contributed by atoms with E-state index in [1.54, 1.807) is 0 Å². The molecule has 0 spiro atoms. The number of benzene rings is 2. The SMILES string of the molecule is CCCN1/C(=C\C=C2/CCC/C(=C\C=C3\N(CCC)c4ccccc4C3(C)C)C2=[N+](CCN(Cc2ccccn2)Cc2ccccn2)Cc2ccccn2)C(C)(C)c2ccccc21. The predicted molar refractivity (Wildman–Crippen MR) is 261 cm³/mol. The second-order valence-electron chi connectivity index (χ2n) is 18.4. The lowest BCUT2D eigenvalue weighted by atomic mass is 9.82. The normalized spacial score (nSPS) is 20.0. The lowest BCUT2D eigenvalue weighted by molar-refractivity contribution is -0.544. The van der Waals surface area contributed by atoms with Crippen molar-refractivity contribution in [3.8, 4) is 0 Å². The average Bonchev–Trinajstić information content (AvgIpc) is 3.65. The Balaban J connectivity index is 1.28. The van der Waals surface area contributed by atoms with Gasteiger partial charge in [-0.25, -0.2) is 4.58 Å². The number of rotatable bonds is 15. The van der Waals surface area contributed by atoms with Gasteiger partial charge in [-0.15, -0.1) is 0 Å². The quantitative estimate of drug-likeness (QED) is 0.0979. The van der Waals surface area contributed by atoms with Crippen molar-refractivity contribution in [2.45, 2.75) is 104 Å². The summed E-state index contributed by atoms with van der Waals surface area (Å²) in [5.41, 5.74) is 15.3. The maximum Gasteiger partial charge on any atom is 0.206 e. The van der Waals surface area contributed by atoms with Crippen LogP contribution in [0, 0.1) is 0 Å². The van der Waals surface area contributed by atoms with Gasteiger partial charge in [0.25, 0.3) is 0 Å². The maximum absolute atomic E-state index is 4.92. The summed E-state index contributed by atoms with van der Waals surface area (Å²) in [5.74, 6) is 0. The van der Waals surface area contributed by atoms with Crippen molar-refractivity contribution < 1.29 is 4.58 Å². The van der Waals surface area contributed by atoms with E-state index in [2.05, 4.69) is 170 Å². The Morgan fingerprint density at radius 2 is 1.02 bits per heavy atom. The van der Waals surface area contributed by atoms with Gasteiger partial charge in [-0.1, -0.05) is 108 Å². The van der Waals surface area contributed by atoms with E-state index in [4.69, 9.17) is 15.0 Å². The fourth-order valence-electron chi connectivity index (χ4n) is 10.1. The zero-order chi connectivity index (χ0) is 43.8. The fourth-order valence-corrected chi connectivity index (χ4v) is 10.1. The maximum atomic E-state index is 4.92. The molecule has 5 heterocycles. The van der Waals surface area contributed by atoms with E-state index in [9.17, 15) is 0 Å². The van der Waals surface area contributed by atoms with Crippen molar-refractivity contribution >= 4 is 17.1 Å². The molecule has 3 aliphatic rings. The Hall–Kier alpha value is -5.92. The van der Waals surface area contributed by atoms with Gasteiger partial charge in [-0.05, 0) is 104 Å². The highest BCUT2D eigenvalue weighted by Gasteiger charge is 2.41. The molecule has 2 aliphatic heterocycles. The monoisotopic (exact) mass is 837 g/mol. The molecule has 0 N–H and O–H groups in total. The molecule has 324 valence electrons. The Labute approximate surface area is 377 Å². The largest absolute Gasteiger partial charge is 0.344 e. The van der Waals surface area contributed by atoms with E-state index in [1.165, 1.54) is 50.8 Å². The topological polar surface area (TPSA) is 51.4 Å². The Morgan fingerprint density at radius 1 is 0.571 bits per heavy atom. The molecule has 0 saturated heterocycles. The lowest BCUT2D eigenvalue weighted by Gasteiger charge is -2.28. The number of nitrogens with zero attached hydrogens (tertiary/aromatic N) is 7. The van der Waals surface area contributed by atoms with Crippen molar-refractivity contribution in [1.29, 1.82) is 0 Å². The first-order chi connectivity index (χ1) is 30.7. The Morgan fingerprint density at radius 3 is 1.46 bits per heavy atom. The minimum Gasteiger partial charge on any atom is -0.344 e. The van der Waals surface area contributed by atoms with Crippen LogP contribution in [-0.4, -0.2) is 56.3 Å². The van der Waals surface area contributed by atoms with E-state index < -0.39 is 0 Å². The molecular formula is C56H66N7+. The van der Waals surface area contributed by atoms with E-state index in [0.29, 0.717) is 6.54 Å². The molecule has 63 heavy (non-hydrogen) atoms. The molecule has 3 aromatic heterocycles. The van der Waals surface area contributed by atoms with Crippen LogP contribution in [0.25, 0.3) is 0 Å². The first kappa shape index (κ1) is 43.7. The minimum atomic E-state index is -0.113. The first-order valence-corrected chi connectivity index (χ1v) is 23.3. The van der Waals surface area contributed by atoms with Crippen LogP contribution in [0.4, 0.5) is 11.4 Å². The van der Waals surface area contributed by atoms with Crippen LogP contribution in [0.3, 0.4) is 0 Å². The number of anilines is 2. The summed E-state index contributed by atoms with van der Waals surface area (Å²) in [5, 5.41) is 0. The highest BCUT2D eigenvalue weighted by Crippen LogP contribution is 2.49. The number of aromatic nitrogens is 3. The van der Waals surface area contributed by atoms with E-state index >= 15 is 0 Å². The summed E-state index contributed by atoms with van der Waals surface area (Å²) < 4.78 is 2.64. The van der Waals surface area contributed by atoms with Crippen LogP contribution < -0.4 is 9.80 Å². The van der Waals surface area contributed by atoms with Crippen LogP contribution in [0.15, 0.2) is 169 Å². The number of para-hydroxylation sites is 2. The molecule has 7 heteroatoms. The molecule has 1 aliphatic carbocycles. The first-order valence-electron chi connectivity index (χ1n) is 23.3. The van der Waals surface area contributed by atoms with E-state index in [-0.39, 0.29) is 10.8 Å². The lowest BCUT2D eigenvalue weighted by Crippen LogP contribution is -2.35. The van der Waals surface area contributed by atoms with Gasteiger partial charge in [-0.2, -0.15) is 0 Å². The number of hydrogen-bond donors (Lipinski definition) is 0. The Bertz CT molecular complexity index is 2350. The molecule has 0 bridgehead atoms. The van der Waals surface area contributed by atoms with Crippen molar-refractivity contribution in [3.05, 3.63) is 197 Å². The van der Waals surface area contributed by atoms with Gasteiger partial charge in [0, 0.05) is 89.5 Å². The molecule has 1 saturated carbocycles. The summed E-state index contributed by atoms with van der Waals surface area (Å²) >= 11 is 0. The van der Waals surface area contributed by atoms with Gasteiger partial charge in [-0.3, -0.25) is 19.9 Å². The van der Waals surface area contributed by atoms with E-state index in [1.807, 2.05) is 36.8 Å². The fraction of sp³-hybridized carbons (Fsp3) is 0.357. The van der Waals surface area contributed by atoms with Gasteiger partial charge in [0.05, 0.1) is 17.9 Å². The average molecular weight is 837 g/mol. The standard InChI is InChI=1S/C56H66N7/c1-7-36-62-50-27-11-9-25-48(50)55(3,4)52(62)31-29-43-20-19-21-44(30-32-53-56(5,6)49-26-10-12-28-51(49)63(53)37-8-2)54(43)61(42-47-24-15-18-35-59-47)39-38-60(40-45-22-13-16-33-57-45)41-46-23-14-17-34-58-46/h9-18,22-35H,7-8,19-21,36-42H2,1-6H3/q+1. The van der Waals surface area contributed by atoms with Gasteiger partial charge in [0.15, 0.2) is 13.1 Å². The molecule has 0 unspecified atom stereocenters. The zero-order valence-corrected chi connectivity index (χ0v) is 38.5. The number of hydrogen-bond acceptors (Lipinski definition) is 6. The number of pyridine rings is 3. The highest BCUT2D eigenvalue weighted by atomic mass is 15.2. The summed E-state index contributed by atoms with van der Waals surface area (Å²) in [6.07, 6.45) is 20.9. The van der Waals surface area contributed by atoms with Crippen molar-refractivity contribution in [3.63, 3.8) is 0 Å². The van der Waals surface area contributed by atoms with Crippen LogP contribution >= 0.6 is 0 Å². The smallest absolute Gasteiger partial charge is 0.206 e. The van der Waals surface area contributed by atoms with Crippen molar-refractivity contribution in [1.82, 2.24) is 19.9 Å². The van der Waals surface area contributed by atoms with Crippen LogP contribution in [-0.2, 0) is 30.5 Å². The molecule has 7 nitrogen and oxygen atoms in total. The second kappa shape index (κ2) is 19.6. The van der Waals surface area contributed by atoms with Crippen LogP contribution in [0.1, 0.15) is 102 Å². The number of fused-ring (bicyclic) bond motifs is 2. The molecule has 0 atom stereocenters. The molecule has 0 amide bonds. The van der Waals surface area contributed by atoms with Crippen molar-refractivity contribution in [2.75, 3.05) is 36.0 Å². The minimum absolute atomic E-state index is 0.113. The molecule has 1 fully saturated rings. The second-order valence-corrected chi connectivity index (χ2v) is 18.4. The molecule has 8 rings (SSSR count). The van der Waals surface area contributed by atoms with Crippen LogP contribution in [0.5, 0.6) is 0 Å². The summed E-state index contributed by atoms with van der Waals surface area (Å²) in [4.78, 5) is 22.1. The van der Waals surface area contributed by atoms with Gasteiger partial charge in [0.1, 0.15) is 5.69 Å². The number of allylic oxidation sites excluding steroid dienone is 8. The van der Waals surface area contributed by atoms with Crippen LogP contribution in [0.2, 0.25) is 0 Å². The highest BCUT2D eigenvalue weighted by molar-refractivity contribution is 6.10. The van der Waals surface area contributed by atoms with E-state index in [0.717, 1.165) is 88.5 Å². The molecule has 0 radical (unpaired) electrons. The zero-order valence-electron chi connectivity index (χ0n) is 38.5. The van der Waals surface area contributed by atoms with Gasteiger partial charge < -0.3 is 9.80 Å². The third-order valence-corrected chi connectivity index (χ3v) is 13.2. The van der Waals surface area contributed by atoms with Gasteiger partial charge in [0.2, 0.25) is 5.71 Å². The molecular weight excluding hydrogens is 771 g/mol. The third kappa shape index (κ3) is 9.55. The molecule has 5 aromatic rings.